The van der Waals surface area contributed by atoms with E-state index in [4.69, 9.17) is 14.2 Å². The molecule has 0 fully saturated rings. The smallest absolute Gasteiger partial charge is 0.195 e. The molecule has 0 unspecified atom stereocenters. The van der Waals surface area contributed by atoms with Crippen molar-refractivity contribution in [1.82, 2.24) is 10.2 Å². The molecule has 0 atom stereocenters. The molecule has 0 saturated carbocycles. The molecule has 0 aliphatic carbocycles. The molecule has 168 valence electrons. The highest BCUT2D eigenvalue weighted by Gasteiger charge is 2.12. The number of anilines is 1. The Kier molecular flexibility index (Phi) is 8.84. The molecule has 2 aromatic carbocycles. The van der Waals surface area contributed by atoms with E-state index in [0.29, 0.717) is 32.3 Å². The first kappa shape index (κ1) is 22.7. The zero-order chi connectivity index (χ0) is 21.9. The average Bonchev–Trinajstić information content (AvgIpc) is 3.05. The lowest BCUT2D eigenvalue weighted by molar-refractivity contribution is 0.221. The van der Waals surface area contributed by atoms with Gasteiger partial charge in [-0.25, -0.2) is 0 Å². The van der Waals surface area contributed by atoms with Crippen LogP contribution in [0, 0.1) is 0 Å². The van der Waals surface area contributed by atoms with Crippen LogP contribution in [0.1, 0.15) is 25.8 Å². The summed E-state index contributed by atoms with van der Waals surface area (Å²) in [6, 6.07) is 13.9. The van der Waals surface area contributed by atoms with Crippen molar-refractivity contribution in [2.75, 3.05) is 51.8 Å². The van der Waals surface area contributed by atoms with Crippen LogP contribution in [0.2, 0.25) is 0 Å². The van der Waals surface area contributed by atoms with E-state index in [1.54, 1.807) is 7.05 Å². The quantitative estimate of drug-likeness (QED) is 0.470. The van der Waals surface area contributed by atoms with E-state index in [2.05, 4.69) is 40.4 Å². The molecule has 0 amide bonds. The number of guanidine groups is 1. The summed E-state index contributed by atoms with van der Waals surface area (Å²) in [6.45, 7) is 9.94. The third-order valence-electron chi connectivity index (χ3n) is 5.21. The first-order valence-corrected chi connectivity index (χ1v) is 11.0. The van der Waals surface area contributed by atoms with Crippen LogP contribution in [0.3, 0.4) is 0 Å². The van der Waals surface area contributed by atoms with Crippen molar-refractivity contribution in [2.24, 2.45) is 4.99 Å². The highest BCUT2D eigenvalue weighted by molar-refractivity contribution is 5.93. The second-order valence-corrected chi connectivity index (χ2v) is 7.25. The first-order chi connectivity index (χ1) is 15.2. The van der Waals surface area contributed by atoms with Crippen LogP contribution in [0.4, 0.5) is 5.69 Å². The fourth-order valence-electron chi connectivity index (χ4n) is 3.35. The number of rotatable bonds is 9. The number of para-hydroxylation sites is 1. The van der Waals surface area contributed by atoms with Crippen LogP contribution in [-0.4, -0.2) is 57.4 Å². The van der Waals surface area contributed by atoms with E-state index in [0.717, 1.165) is 54.6 Å². The number of nitrogens with one attached hydrogen (secondary N) is 2. The number of aliphatic imine (C=N–C) groups is 1. The number of hydrogen-bond donors (Lipinski definition) is 2. The molecule has 31 heavy (non-hydrogen) atoms. The molecular formula is C24H34N4O3. The predicted octanol–water partition coefficient (Wildman–Crippen LogP) is 3.76. The van der Waals surface area contributed by atoms with E-state index < -0.39 is 0 Å². The van der Waals surface area contributed by atoms with Gasteiger partial charge in [-0.05, 0) is 31.3 Å². The number of nitrogens with zero attached hydrogens (tertiary/aromatic N) is 2. The monoisotopic (exact) mass is 426 g/mol. The standard InChI is InChI=1S/C24H34N4O3/c1-4-28(5-2)13-16-31-21-10-7-6-9-19(21)18-26-24(25-3)27-20-11-12-22-23(17-20)30-15-8-14-29-22/h6-7,9-12,17H,4-5,8,13-16,18H2,1-3H3,(H2,25,26,27). The normalized spacial score (nSPS) is 13.6. The Morgan fingerprint density at radius 3 is 2.61 bits per heavy atom. The van der Waals surface area contributed by atoms with Crippen LogP contribution in [0.5, 0.6) is 17.2 Å². The van der Waals surface area contributed by atoms with Gasteiger partial charge in [0.1, 0.15) is 12.4 Å². The average molecular weight is 427 g/mol. The minimum absolute atomic E-state index is 0.603. The van der Waals surface area contributed by atoms with Crippen molar-refractivity contribution in [1.29, 1.82) is 0 Å². The fourth-order valence-corrected chi connectivity index (χ4v) is 3.35. The lowest BCUT2D eigenvalue weighted by atomic mass is 10.2. The number of benzene rings is 2. The van der Waals surface area contributed by atoms with Gasteiger partial charge in [-0.1, -0.05) is 32.0 Å². The Bertz CT molecular complexity index is 852. The van der Waals surface area contributed by atoms with Gasteiger partial charge in [0.05, 0.1) is 13.2 Å². The van der Waals surface area contributed by atoms with E-state index in [9.17, 15) is 0 Å². The Morgan fingerprint density at radius 2 is 1.84 bits per heavy atom. The van der Waals surface area contributed by atoms with Crippen LogP contribution < -0.4 is 24.8 Å². The van der Waals surface area contributed by atoms with Crippen molar-refractivity contribution in [3.63, 3.8) is 0 Å². The highest BCUT2D eigenvalue weighted by Crippen LogP contribution is 2.32. The maximum absolute atomic E-state index is 6.06. The second-order valence-electron chi connectivity index (χ2n) is 7.25. The molecule has 7 nitrogen and oxygen atoms in total. The fraction of sp³-hybridized carbons (Fsp3) is 0.458. The maximum Gasteiger partial charge on any atom is 0.195 e. The van der Waals surface area contributed by atoms with Gasteiger partial charge in [0.25, 0.3) is 0 Å². The predicted molar refractivity (Wildman–Crippen MR) is 126 cm³/mol. The molecule has 0 spiro atoms. The number of hydrogen-bond acceptors (Lipinski definition) is 5. The van der Waals surface area contributed by atoms with Crippen molar-refractivity contribution < 1.29 is 14.2 Å². The Balaban J connectivity index is 1.57. The third-order valence-corrected chi connectivity index (χ3v) is 5.21. The summed E-state index contributed by atoms with van der Waals surface area (Å²) in [5.74, 6) is 3.10. The van der Waals surface area contributed by atoms with E-state index in [1.165, 1.54) is 0 Å². The van der Waals surface area contributed by atoms with Crippen LogP contribution in [0.15, 0.2) is 47.5 Å². The van der Waals surface area contributed by atoms with Crippen molar-refractivity contribution in [2.45, 2.75) is 26.8 Å². The molecular weight excluding hydrogens is 392 g/mol. The Hall–Kier alpha value is -2.93. The summed E-state index contributed by atoms with van der Waals surface area (Å²) >= 11 is 0. The summed E-state index contributed by atoms with van der Waals surface area (Å²) in [5.41, 5.74) is 1.98. The summed E-state index contributed by atoms with van der Waals surface area (Å²) in [5, 5.41) is 6.68. The minimum atomic E-state index is 0.603. The molecule has 3 rings (SSSR count). The van der Waals surface area contributed by atoms with Crippen LogP contribution in [-0.2, 0) is 6.54 Å². The summed E-state index contributed by atoms with van der Waals surface area (Å²) in [4.78, 5) is 6.69. The molecule has 0 bridgehead atoms. The molecule has 7 heteroatoms. The zero-order valence-electron chi connectivity index (χ0n) is 18.8. The lowest BCUT2D eigenvalue weighted by Crippen LogP contribution is -2.30. The van der Waals surface area contributed by atoms with Crippen molar-refractivity contribution in [3.05, 3.63) is 48.0 Å². The maximum atomic E-state index is 6.06. The molecule has 0 saturated heterocycles. The summed E-state index contributed by atoms with van der Waals surface area (Å²) in [6.07, 6.45) is 0.886. The summed E-state index contributed by atoms with van der Waals surface area (Å²) in [7, 11) is 1.75. The van der Waals surface area contributed by atoms with Gasteiger partial charge in [0.2, 0.25) is 0 Å². The van der Waals surface area contributed by atoms with Gasteiger partial charge in [-0.2, -0.15) is 0 Å². The van der Waals surface area contributed by atoms with Gasteiger partial charge in [-0.15, -0.1) is 0 Å². The lowest BCUT2D eigenvalue weighted by Gasteiger charge is -2.19. The molecule has 0 radical (unpaired) electrons. The molecule has 1 heterocycles. The van der Waals surface area contributed by atoms with Gasteiger partial charge in [-0.3, -0.25) is 4.99 Å². The second kappa shape index (κ2) is 12.1. The largest absolute Gasteiger partial charge is 0.492 e. The number of likely N-dealkylation sites (N-methyl/N-ethyl adjacent to an activating group) is 1. The van der Waals surface area contributed by atoms with Crippen LogP contribution in [0.25, 0.3) is 0 Å². The molecule has 2 N–H and O–H groups in total. The van der Waals surface area contributed by atoms with Crippen molar-refractivity contribution >= 4 is 11.6 Å². The van der Waals surface area contributed by atoms with Gasteiger partial charge in [0, 0.05) is 43.9 Å². The molecule has 2 aromatic rings. The van der Waals surface area contributed by atoms with E-state index in [1.807, 2.05) is 36.4 Å². The number of ether oxygens (including phenoxy) is 3. The molecule has 1 aliphatic heterocycles. The first-order valence-electron chi connectivity index (χ1n) is 11.0. The highest BCUT2D eigenvalue weighted by atomic mass is 16.5. The summed E-state index contributed by atoms with van der Waals surface area (Å²) < 4.78 is 17.5. The van der Waals surface area contributed by atoms with Crippen molar-refractivity contribution in [3.8, 4) is 17.2 Å². The Labute approximate surface area is 185 Å². The van der Waals surface area contributed by atoms with Gasteiger partial charge < -0.3 is 29.7 Å². The van der Waals surface area contributed by atoms with Gasteiger partial charge in [0.15, 0.2) is 17.5 Å². The zero-order valence-corrected chi connectivity index (χ0v) is 18.8. The Morgan fingerprint density at radius 1 is 1.06 bits per heavy atom. The minimum Gasteiger partial charge on any atom is -0.492 e. The molecule has 1 aliphatic rings. The van der Waals surface area contributed by atoms with E-state index >= 15 is 0 Å². The van der Waals surface area contributed by atoms with Crippen LogP contribution >= 0.6 is 0 Å². The SMILES string of the molecule is CCN(CC)CCOc1ccccc1CNC(=NC)Nc1ccc2c(c1)OCCCO2. The third kappa shape index (κ3) is 6.79. The van der Waals surface area contributed by atoms with E-state index in [-0.39, 0.29) is 0 Å². The molecule has 0 aromatic heterocycles. The van der Waals surface area contributed by atoms with Gasteiger partial charge >= 0.3 is 0 Å². The topological polar surface area (TPSA) is 67.4 Å². The number of fused-ring (bicyclic) bond motifs is 1.